The third-order valence-electron chi connectivity index (χ3n) is 3.31. The fourth-order valence-electron chi connectivity index (χ4n) is 2.00. The lowest BCUT2D eigenvalue weighted by atomic mass is 10.2. The smallest absolute Gasteiger partial charge is 0.173 e. The third kappa shape index (κ3) is 4.48. The fraction of sp³-hybridized carbons (Fsp3) is 0.235. The molecule has 0 heterocycles. The van der Waals surface area contributed by atoms with Crippen molar-refractivity contribution in [2.24, 2.45) is 0 Å². The van der Waals surface area contributed by atoms with Crippen LogP contribution in [-0.2, 0) is 6.54 Å². The van der Waals surface area contributed by atoms with Crippen molar-refractivity contribution in [1.29, 1.82) is 0 Å². The number of benzene rings is 2. The number of thioether (sulfide) groups is 1. The molecule has 2 aromatic rings. The Labute approximate surface area is 136 Å². The van der Waals surface area contributed by atoms with Crippen LogP contribution in [0.3, 0.4) is 0 Å². The van der Waals surface area contributed by atoms with Crippen LogP contribution in [0.1, 0.15) is 11.1 Å². The first-order valence-electron chi connectivity index (χ1n) is 6.81. The van der Waals surface area contributed by atoms with Gasteiger partial charge in [0.05, 0.1) is 0 Å². The summed E-state index contributed by atoms with van der Waals surface area (Å²) in [6.45, 7) is 2.87. The van der Waals surface area contributed by atoms with Crippen LogP contribution in [-0.4, -0.2) is 23.3 Å². The van der Waals surface area contributed by atoms with Crippen LogP contribution in [0.5, 0.6) is 0 Å². The molecule has 0 aliphatic carbocycles. The maximum Gasteiger partial charge on any atom is 0.173 e. The fourth-order valence-corrected chi connectivity index (χ4v) is 2.58. The van der Waals surface area contributed by atoms with Crippen LogP contribution in [0.2, 0.25) is 0 Å². The van der Waals surface area contributed by atoms with Gasteiger partial charge in [0.25, 0.3) is 0 Å². The zero-order chi connectivity index (χ0) is 15.2. The van der Waals surface area contributed by atoms with Crippen molar-refractivity contribution >= 4 is 34.8 Å². The lowest BCUT2D eigenvalue weighted by Gasteiger charge is -2.22. The van der Waals surface area contributed by atoms with E-state index in [-0.39, 0.29) is 0 Å². The van der Waals surface area contributed by atoms with Gasteiger partial charge in [-0.3, -0.25) is 0 Å². The number of nitrogens with zero attached hydrogens (tertiary/aromatic N) is 1. The van der Waals surface area contributed by atoms with E-state index < -0.39 is 0 Å². The molecule has 0 radical (unpaired) electrons. The highest BCUT2D eigenvalue weighted by atomic mass is 32.2. The number of aryl methyl sites for hydroxylation is 1. The third-order valence-corrected chi connectivity index (χ3v) is 4.47. The molecule has 0 unspecified atom stereocenters. The summed E-state index contributed by atoms with van der Waals surface area (Å²) < 4.78 is 0. The van der Waals surface area contributed by atoms with Gasteiger partial charge in [-0.2, -0.15) is 0 Å². The highest BCUT2D eigenvalue weighted by Gasteiger charge is 2.07. The Bertz CT molecular complexity index is 608. The highest BCUT2D eigenvalue weighted by molar-refractivity contribution is 7.98. The van der Waals surface area contributed by atoms with Gasteiger partial charge in [0.1, 0.15) is 0 Å². The van der Waals surface area contributed by atoms with Crippen LogP contribution in [0.15, 0.2) is 53.4 Å². The van der Waals surface area contributed by atoms with Gasteiger partial charge in [-0.05, 0) is 54.7 Å². The van der Waals surface area contributed by atoms with E-state index in [0.29, 0.717) is 0 Å². The molecule has 0 aliphatic rings. The topological polar surface area (TPSA) is 15.3 Å². The summed E-state index contributed by atoms with van der Waals surface area (Å²) in [6.07, 6.45) is 2.09. The molecule has 0 saturated carbocycles. The molecule has 0 spiro atoms. The molecule has 0 bridgehead atoms. The van der Waals surface area contributed by atoms with Crippen LogP contribution >= 0.6 is 24.0 Å². The predicted octanol–water partition coefficient (Wildman–Crippen LogP) is 4.55. The maximum absolute atomic E-state index is 5.48. The van der Waals surface area contributed by atoms with Gasteiger partial charge < -0.3 is 10.2 Å². The minimum atomic E-state index is 0.734. The van der Waals surface area contributed by atoms with E-state index >= 15 is 0 Å². The van der Waals surface area contributed by atoms with E-state index in [4.69, 9.17) is 12.2 Å². The second kappa shape index (κ2) is 7.48. The molecule has 0 saturated heterocycles. The number of nitrogens with one attached hydrogen (secondary N) is 1. The van der Waals surface area contributed by atoms with Crippen molar-refractivity contribution in [2.45, 2.75) is 18.4 Å². The molecule has 2 aromatic carbocycles. The van der Waals surface area contributed by atoms with Crippen molar-refractivity contribution in [2.75, 3.05) is 18.6 Å². The van der Waals surface area contributed by atoms with Crippen LogP contribution in [0, 0.1) is 6.92 Å². The Balaban J connectivity index is 1.97. The van der Waals surface area contributed by atoms with E-state index in [2.05, 4.69) is 53.7 Å². The van der Waals surface area contributed by atoms with Gasteiger partial charge in [-0.1, -0.05) is 30.3 Å². The SMILES string of the molecule is CSc1ccc(CN(C)C(=S)Nc2ccccc2C)cc1. The number of thiocarbonyl (C=S) groups is 1. The summed E-state index contributed by atoms with van der Waals surface area (Å²) in [5.74, 6) is 0. The Hall–Kier alpha value is -1.52. The first-order valence-corrected chi connectivity index (χ1v) is 8.44. The zero-order valence-corrected chi connectivity index (χ0v) is 14.2. The van der Waals surface area contributed by atoms with Crippen LogP contribution in [0.4, 0.5) is 5.69 Å². The Morgan fingerprint density at radius 2 is 1.81 bits per heavy atom. The monoisotopic (exact) mass is 316 g/mol. The molecule has 1 N–H and O–H groups in total. The predicted molar refractivity (Wildman–Crippen MR) is 97.1 cm³/mol. The van der Waals surface area contributed by atoms with Gasteiger partial charge in [0.15, 0.2) is 5.11 Å². The quantitative estimate of drug-likeness (QED) is 0.657. The van der Waals surface area contributed by atoms with Gasteiger partial charge in [-0.15, -0.1) is 11.8 Å². The van der Waals surface area contributed by atoms with Crippen molar-refractivity contribution in [3.63, 3.8) is 0 Å². The number of rotatable bonds is 4. The van der Waals surface area contributed by atoms with Crippen LogP contribution in [0.25, 0.3) is 0 Å². The van der Waals surface area contributed by atoms with E-state index in [1.54, 1.807) is 11.8 Å². The molecule has 0 atom stereocenters. The lowest BCUT2D eigenvalue weighted by molar-refractivity contribution is 0.508. The summed E-state index contributed by atoms with van der Waals surface area (Å²) in [5, 5.41) is 4.04. The summed E-state index contributed by atoms with van der Waals surface area (Å²) in [5.41, 5.74) is 3.51. The van der Waals surface area contributed by atoms with E-state index in [0.717, 1.165) is 17.3 Å². The summed E-state index contributed by atoms with van der Waals surface area (Å²) >= 11 is 7.23. The van der Waals surface area contributed by atoms with Crippen LogP contribution < -0.4 is 5.32 Å². The summed E-state index contributed by atoms with van der Waals surface area (Å²) in [7, 11) is 2.01. The molecule has 0 aromatic heterocycles. The van der Waals surface area contributed by atoms with Crippen molar-refractivity contribution in [1.82, 2.24) is 4.90 Å². The van der Waals surface area contributed by atoms with Gasteiger partial charge in [0, 0.05) is 24.2 Å². The first-order chi connectivity index (χ1) is 10.1. The second-order valence-corrected chi connectivity index (χ2v) is 6.22. The zero-order valence-electron chi connectivity index (χ0n) is 12.6. The maximum atomic E-state index is 5.48. The molecule has 0 fully saturated rings. The average Bonchev–Trinajstić information content (AvgIpc) is 2.50. The molecule has 0 aliphatic heterocycles. The van der Waals surface area contributed by atoms with Crippen molar-refractivity contribution < 1.29 is 0 Å². The van der Waals surface area contributed by atoms with Gasteiger partial charge in [0.2, 0.25) is 0 Å². The molecule has 110 valence electrons. The Kier molecular flexibility index (Phi) is 5.65. The Morgan fingerprint density at radius 1 is 1.14 bits per heavy atom. The largest absolute Gasteiger partial charge is 0.348 e. The molecule has 2 nitrogen and oxygen atoms in total. The minimum absolute atomic E-state index is 0.734. The number of hydrogen-bond donors (Lipinski definition) is 1. The number of para-hydroxylation sites is 1. The molecule has 4 heteroatoms. The van der Waals surface area contributed by atoms with Crippen molar-refractivity contribution in [3.05, 3.63) is 59.7 Å². The minimum Gasteiger partial charge on any atom is -0.348 e. The lowest BCUT2D eigenvalue weighted by Crippen LogP contribution is -2.30. The number of hydrogen-bond acceptors (Lipinski definition) is 2. The average molecular weight is 316 g/mol. The van der Waals surface area contributed by atoms with E-state index in [1.165, 1.54) is 16.0 Å². The summed E-state index contributed by atoms with van der Waals surface area (Å²) in [4.78, 5) is 3.33. The molecule has 0 amide bonds. The van der Waals surface area contributed by atoms with Gasteiger partial charge >= 0.3 is 0 Å². The standard InChI is InChI=1S/C17H20N2S2/c1-13-6-4-5-7-16(13)18-17(20)19(2)12-14-8-10-15(21-3)11-9-14/h4-11H,12H2,1-3H3,(H,18,20). The molecule has 21 heavy (non-hydrogen) atoms. The molecular weight excluding hydrogens is 296 g/mol. The van der Waals surface area contributed by atoms with Gasteiger partial charge in [-0.25, -0.2) is 0 Å². The number of anilines is 1. The van der Waals surface area contributed by atoms with E-state index in [1.807, 2.05) is 25.2 Å². The molecule has 2 rings (SSSR count). The highest BCUT2D eigenvalue weighted by Crippen LogP contribution is 2.17. The normalized spacial score (nSPS) is 10.2. The van der Waals surface area contributed by atoms with Crippen molar-refractivity contribution in [3.8, 4) is 0 Å². The second-order valence-electron chi connectivity index (χ2n) is 4.95. The molecular formula is C17H20N2S2. The Morgan fingerprint density at radius 3 is 2.43 bits per heavy atom. The van der Waals surface area contributed by atoms with E-state index in [9.17, 15) is 0 Å². The summed E-state index contributed by atoms with van der Waals surface area (Å²) in [6, 6.07) is 16.8. The first kappa shape index (κ1) is 15.9.